The number of amides is 3. The third kappa shape index (κ3) is 4.97. The molecule has 1 fully saturated rings. The second-order valence-electron chi connectivity index (χ2n) is 6.40. The van der Waals surface area contributed by atoms with Crippen molar-refractivity contribution in [2.24, 2.45) is 0 Å². The maximum absolute atomic E-state index is 13.2. The Morgan fingerprint density at radius 2 is 1.81 bits per heavy atom. The molecule has 1 aliphatic rings. The van der Waals surface area contributed by atoms with Gasteiger partial charge in [0.05, 0.1) is 7.11 Å². The Balaban J connectivity index is 1.47. The number of nitrogens with zero attached hydrogens (tertiary/aromatic N) is 1. The van der Waals surface area contributed by atoms with E-state index in [0.29, 0.717) is 37.2 Å². The maximum Gasteiger partial charge on any atom is 0.321 e. The van der Waals surface area contributed by atoms with Gasteiger partial charge in [-0.1, -0.05) is 6.07 Å². The van der Waals surface area contributed by atoms with Crippen molar-refractivity contribution >= 4 is 17.6 Å². The number of likely N-dealkylation sites (tertiary alicyclic amines) is 1. The third-order valence-electron chi connectivity index (χ3n) is 4.55. The quantitative estimate of drug-likeness (QED) is 0.867. The number of rotatable bonds is 4. The topological polar surface area (TPSA) is 70.7 Å². The van der Waals surface area contributed by atoms with Crippen LogP contribution in [0, 0.1) is 5.82 Å². The molecule has 0 atom stereocenters. The van der Waals surface area contributed by atoms with Gasteiger partial charge in [-0.2, -0.15) is 0 Å². The van der Waals surface area contributed by atoms with Crippen molar-refractivity contribution in [2.75, 3.05) is 25.5 Å². The van der Waals surface area contributed by atoms with Crippen LogP contribution in [0.2, 0.25) is 0 Å². The monoisotopic (exact) mass is 371 g/mol. The molecule has 0 spiro atoms. The van der Waals surface area contributed by atoms with Crippen molar-refractivity contribution in [2.45, 2.75) is 18.9 Å². The molecule has 0 aromatic heterocycles. The Labute approximate surface area is 157 Å². The molecule has 27 heavy (non-hydrogen) atoms. The molecule has 7 heteroatoms. The van der Waals surface area contributed by atoms with Crippen LogP contribution in [-0.2, 0) is 0 Å². The van der Waals surface area contributed by atoms with Gasteiger partial charge >= 0.3 is 6.03 Å². The van der Waals surface area contributed by atoms with E-state index < -0.39 is 5.82 Å². The SMILES string of the molecule is COc1ccc(NC(=O)N2CCC(NC(=O)c3cccc(F)c3)CC2)cc1. The average molecular weight is 371 g/mol. The summed E-state index contributed by atoms with van der Waals surface area (Å²) < 4.78 is 18.3. The zero-order valence-electron chi connectivity index (χ0n) is 15.1. The van der Waals surface area contributed by atoms with Crippen molar-refractivity contribution in [3.8, 4) is 5.75 Å². The van der Waals surface area contributed by atoms with E-state index >= 15 is 0 Å². The average Bonchev–Trinajstić information content (AvgIpc) is 2.69. The number of anilines is 1. The summed E-state index contributed by atoms with van der Waals surface area (Å²) in [5.41, 5.74) is 0.997. The first kappa shape index (κ1) is 18.7. The number of methoxy groups -OCH3 is 1. The number of carbonyl (C=O) groups excluding carboxylic acids is 2. The lowest BCUT2D eigenvalue weighted by molar-refractivity contribution is 0.0919. The number of hydrogen-bond acceptors (Lipinski definition) is 3. The molecule has 0 aliphatic carbocycles. The predicted octanol–water partition coefficient (Wildman–Crippen LogP) is 3.26. The van der Waals surface area contributed by atoms with E-state index in [4.69, 9.17) is 4.74 Å². The van der Waals surface area contributed by atoms with Gasteiger partial charge < -0.3 is 20.3 Å². The van der Waals surface area contributed by atoms with Crippen LogP contribution in [0.4, 0.5) is 14.9 Å². The molecule has 3 amide bonds. The number of benzene rings is 2. The summed E-state index contributed by atoms with van der Waals surface area (Å²) in [6, 6.07) is 12.5. The molecule has 0 radical (unpaired) electrons. The number of ether oxygens (including phenoxy) is 1. The van der Waals surface area contributed by atoms with Crippen molar-refractivity contribution in [1.82, 2.24) is 10.2 Å². The lowest BCUT2D eigenvalue weighted by atomic mass is 10.0. The molecule has 1 saturated heterocycles. The summed E-state index contributed by atoms with van der Waals surface area (Å²) in [6.07, 6.45) is 1.30. The lowest BCUT2D eigenvalue weighted by Gasteiger charge is -2.32. The zero-order valence-corrected chi connectivity index (χ0v) is 15.1. The first-order valence-corrected chi connectivity index (χ1v) is 8.81. The molecule has 0 bridgehead atoms. The highest BCUT2D eigenvalue weighted by Crippen LogP contribution is 2.17. The number of nitrogens with one attached hydrogen (secondary N) is 2. The molecule has 2 N–H and O–H groups in total. The molecule has 142 valence electrons. The van der Waals surface area contributed by atoms with Crippen LogP contribution in [0.25, 0.3) is 0 Å². The van der Waals surface area contributed by atoms with Crippen LogP contribution >= 0.6 is 0 Å². The van der Waals surface area contributed by atoms with E-state index in [2.05, 4.69) is 10.6 Å². The molecular formula is C20H22FN3O3. The van der Waals surface area contributed by atoms with Gasteiger partial charge in [0.15, 0.2) is 0 Å². The van der Waals surface area contributed by atoms with Crippen molar-refractivity contribution in [1.29, 1.82) is 0 Å². The fourth-order valence-electron chi connectivity index (χ4n) is 3.00. The Kier molecular flexibility index (Phi) is 5.90. The van der Waals surface area contributed by atoms with Crippen molar-refractivity contribution < 1.29 is 18.7 Å². The van der Waals surface area contributed by atoms with Gasteiger partial charge in [-0.15, -0.1) is 0 Å². The van der Waals surface area contributed by atoms with Crippen LogP contribution < -0.4 is 15.4 Å². The van der Waals surface area contributed by atoms with E-state index in [1.165, 1.54) is 18.2 Å². The molecule has 6 nitrogen and oxygen atoms in total. The highest BCUT2D eigenvalue weighted by molar-refractivity contribution is 5.94. The molecule has 3 rings (SSSR count). The van der Waals surface area contributed by atoms with Gasteiger partial charge in [0.2, 0.25) is 0 Å². The number of halogens is 1. The van der Waals surface area contributed by atoms with E-state index in [0.717, 1.165) is 5.75 Å². The van der Waals surface area contributed by atoms with Gasteiger partial charge in [0.1, 0.15) is 11.6 Å². The molecule has 2 aromatic rings. The van der Waals surface area contributed by atoms with Crippen LogP contribution in [0.1, 0.15) is 23.2 Å². The van der Waals surface area contributed by atoms with E-state index in [1.54, 1.807) is 42.3 Å². The van der Waals surface area contributed by atoms with Gasteiger partial charge in [-0.05, 0) is 55.3 Å². The summed E-state index contributed by atoms with van der Waals surface area (Å²) in [6.45, 7) is 1.08. The second kappa shape index (κ2) is 8.53. The number of carbonyl (C=O) groups is 2. The number of piperidine rings is 1. The summed E-state index contributed by atoms with van der Waals surface area (Å²) in [5.74, 6) is -0.00819. The maximum atomic E-state index is 13.2. The second-order valence-corrected chi connectivity index (χ2v) is 6.40. The third-order valence-corrected chi connectivity index (χ3v) is 4.55. The summed E-state index contributed by atoms with van der Waals surface area (Å²) in [5, 5.41) is 5.76. The Hall–Kier alpha value is -3.09. The standard InChI is InChI=1S/C20H22FN3O3/c1-27-18-7-5-16(6-8-18)23-20(26)24-11-9-17(10-12-24)22-19(25)14-3-2-4-15(21)13-14/h2-8,13,17H,9-12H2,1H3,(H,22,25)(H,23,26). The zero-order chi connectivity index (χ0) is 19.2. The molecule has 0 saturated carbocycles. The molecule has 0 unspecified atom stereocenters. The Morgan fingerprint density at radius 3 is 2.44 bits per heavy atom. The summed E-state index contributed by atoms with van der Waals surface area (Å²) in [4.78, 5) is 26.3. The van der Waals surface area contributed by atoms with Gasteiger partial charge in [-0.3, -0.25) is 4.79 Å². The van der Waals surface area contributed by atoms with Crippen molar-refractivity contribution in [3.63, 3.8) is 0 Å². The fraction of sp³-hybridized carbons (Fsp3) is 0.300. The minimum absolute atomic E-state index is 0.0363. The van der Waals surface area contributed by atoms with E-state index in [1.807, 2.05) is 0 Å². The summed E-state index contributed by atoms with van der Waals surface area (Å²) >= 11 is 0. The van der Waals surface area contributed by atoms with E-state index in [9.17, 15) is 14.0 Å². The smallest absolute Gasteiger partial charge is 0.321 e. The first-order chi connectivity index (χ1) is 13.0. The minimum Gasteiger partial charge on any atom is -0.497 e. The Morgan fingerprint density at radius 1 is 1.11 bits per heavy atom. The molecule has 1 aliphatic heterocycles. The molecule has 1 heterocycles. The Bertz CT molecular complexity index is 802. The van der Waals surface area contributed by atoms with Gasteiger partial charge in [-0.25, -0.2) is 9.18 Å². The van der Waals surface area contributed by atoms with Crippen LogP contribution in [-0.4, -0.2) is 43.1 Å². The molecule has 2 aromatic carbocycles. The first-order valence-electron chi connectivity index (χ1n) is 8.81. The highest BCUT2D eigenvalue weighted by Gasteiger charge is 2.24. The van der Waals surface area contributed by atoms with Crippen LogP contribution in [0.15, 0.2) is 48.5 Å². The normalized spacial score (nSPS) is 14.5. The van der Waals surface area contributed by atoms with Gasteiger partial charge in [0, 0.05) is 30.4 Å². The largest absolute Gasteiger partial charge is 0.497 e. The predicted molar refractivity (Wildman–Crippen MR) is 100 cm³/mol. The van der Waals surface area contributed by atoms with Crippen LogP contribution in [0.5, 0.6) is 5.75 Å². The van der Waals surface area contributed by atoms with Gasteiger partial charge in [0.25, 0.3) is 5.91 Å². The summed E-state index contributed by atoms with van der Waals surface area (Å²) in [7, 11) is 1.59. The number of urea groups is 1. The van der Waals surface area contributed by atoms with E-state index in [-0.39, 0.29) is 18.0 Å². The van der Waals surface area contributed by atoms with Crippen molar-refractivity contribution in [3.05, 3.63) is 59.9 Å². The van der Waals surface area contributed by atoms with Crippen LogP contribution in [0.3, 0.4) is 0 Å². The lowest BCUT2D eigenvalue weighted by Crippen LogP contribution is -2.47. The number of hydrogen-bond donors (Lipinski definition) is 2. The highest BCUT2D eigenvalue weighted by atomic mass is 19.1. The minimum atomic E-state index is -0.437. The molecular weight excluding hydrogens is 349 g/mol. The fourth-order valence-corrected chi connectivity index (χ4v) is 3.00.